The van der Waals surface area contributed by atoms with Crippen LogP contribution in [0, 0.1) is 5.95 Å². The van der Waals surface area contributed by atoms with Gasteiger partial charge in [-0.25, -0.2) is 4.98 Å². The Morgan fingerprint density at radius 2 is 1.60 bits per heavy atom. The van der Waals surface area contributed by atoms with Crippen LogP contribution >= 0.6 is 0 Å². The van der Waals surface area contributed by atoms with Gasteiger partial charge >= 0.3 is 7.12 Å². The van der Waals surface area contributed by atoms with Crippen molar-refractivity contribution in [2.45, 2.75) is 65.1 Å². The summed E-state index contributed by atoms with van der Waals surface area (Å²) in [5, 5.41) is 0. The first-order valence-corrected chi connectivity index (χ1v) is 6.96. The topological polar surface area (TPSA) is 31.4 Å². The van der Waals surface area contributed by atoms with Crippen molar-refractivity contribution >= 4 is 12.6 Å². The minimum absolute atomic E-state index is 0.0981. The van der Waals surface area contributed by atoms with Gasteiger partial charge in [-0.2, -0.15) is 4.39 Å². The molecule has 0 bridgehead atoms. The van der Waals surface area contributed by atoms with Gasteiger partial charge in [0.15, 0.2) is 0 Å². The highest BCUT2D eigenvalue weighted by Gasteiger charge is 2.52. The molecule has 2 heterocycles. The van der Waals surface area contributed by atoms with Crippen molar-refractivity contribution in [1.82, 2.24) is 4.98 Å². The molecule has 2 rings (SSSR count). The zero-order valence-corrected chi connectivity index (χ0v) is 13.4. The van der Waals surface area contributed by atoms with Crippen LogP contribution in [0.5, 0.6) is 0 Å². The molecule has 0 unspecified atom stereocenters. The maximum absolute atomic E-state index is 14.0. The molecule has 0 amide bonds. The fraction of sp³-hybridized carbons (Fsp3) is 0.667. The van der Waals surface area contributed by atoms with E-state index in [9.17, 15) is 4.39 Å². The molecule has 1 saturated heterocycles. The van der Waals surface area contributed by atoms with E-state index in [1.54, 1.807) is 12.3 Å². The number of nitrogens with zero attached hydrogens (tertiary/aromatic N) is 1. The summed E-state index contributed by atoms with van der Waals surface area (Å²) in [6.07, 6.45) is 1.57. The standard InChI is InChI=1S/C15H23BFNO2/c1-13(2,3)10-8-11(12(17)18-9-10)16-19-14(4,5)15(6,7)20-16/h8-9H,1-7H3. The monoisotopic (exact) mass is 279 g/mol. The largest absolute Gasteiger partial charge is 0.499 e. The van der Waals surface area contributed by atoms with Crippen molar-refractivity contribution < 1.29 is 13.7 Å². The first-order chi connectivity index (χ1) is 8.94. The molecule has 0 radical (unpaired) electrons. The second-order valence-electron chi connectivity index (χ2n) is 7.44. The molecule has 1 fully saturated rings. The van der Waals surface area contributed by atoms with E-state index in [4.69, 9.17) is 9.31 Å². The fourth-order valence-electron chi connectivity index (χ4n) is 2.01. The van der Waals surface area contributed by atoms with Crippen LogP contribution in [0.2, 0.25) is 0 Å². The zero-order valence-electron chi connectivity index (χ0n) is 13.4. The molecule has 1 aliphatic heterocycles. The lowest BCUT2D eigenvalue weighted by Gasteiger charge is -2.32. The van der Waals surface area contributed by atoms with Gasteiger partial charge in [-0.15, -0.1) is 0 Å². The molecule has 110 valence electrons. The van der Waals surface area contributed by atoms with E-state index < -0.39 is 24.3 Å². The molecule has 1 aliphatic rings. The van der Waals surface area contributed by atoms with Crippen molar-refractivity contribution in [1.29, 1.82) is 0 Å². The van der Waals surface area contributed by atoms with E-state index in [-0.39, 0.29) is 5.41 Å². The zero-order chi connectivity index (χ0) is 15.3. The molecule has 1 aromatic heterocycles. The first kappa shape index (κ1) is 15.5. The van der Waals surface area contributed by atoms with E-state index in [1.807, 2.05) is 27.7 Å². The third kappa shape index (κ3) is 2.61. The summed E-state index contributed by atoms with van der Waals surface area (Å²) < 4.78 is 25.8. The van der Waals surface area contributed by atoms with Crippen LogP contribution in [-0.4, -0.2) is 23.3 Å². The lowest BCUT2D eigenvalue weighted by Crippen LogP contribution is -2.41. The summed E-state index contributed by atoms with van der Waals surface area (Å²) in [5.74, 6) is -0.531. The Bertz CT molecular complexity index is 507. The van der Waals surface area contributed by atoms with Crippen LogP contribution in [0.25, 0.3) is 0 Å². The number of aromatic nitrogens is 1. The molecule has 0 N–H and O–H groups in total. The van der Waals surface area contributed by atoms with Gasteiger partial charge in [0.05, 0.1) is 11.2 Å². The molecule has 0 spiro atoms. The maximum atomic E-state index is 14.0. The lowest BCUT2D eigenvalue weighted by atomic mass is 9.76. The van der Waals surface area contributed by atoms with Crippen LogP contribution in [-0.2, 0) is 14.7 Å². The quantitative estimate of drug-likeness (QED) is 0.585. The van der Waals surface area contributed by atoms with Crippen LogP contribution in [0.3, 0.4) is 0 Å². The molecule has 0 atom stereocenters. The highest BCUT2D eigenvalue weighted by Crippen LogP contribution is 2.36. The molecule has 1 aromatic rings. The molecule has 5 heteroatoms. The van der Waals surface area contributed by atoms with Gasteiger partial charge in [0.2, 0.25) is 5.95 Å². The lowest BCUT2D eigenvalue weighted by molar-refractivity contribution is 0.00578. The Kier molecular flexibility index (Phi) is 3.50. The van der Waals surface area contributed by atoms with Crippen molar-refractivity contribution in [3.8, 4) is 0 Å². The molecule has 3 nitrogen and oxygen atoms in total. The molecule has 0 saturated carbocycles. The average molecular weight is 279 g/mol. The number of rotatable bonds is 1. The fourth-order valence-corrected chi connectivity index (χ4v) is 2.01. The van der Waals surface area contributed by atoms with E-state index >= 15 is 0 Å². The predicted octanol–water partition coefficient (Wildman–Crippen LogP) is 2.82. The van der Waals surface area contributed by atoms with Crippen molar-refractivity contribution in [3.05, 3.63) is 23.8 Å². The number of hydrogen-bond acceptors (Lipinski definition) is 3. The van der Waals surface area contributed by atoms with E-state index in [1.165, 1.54) is 0 Å². The Labute approximate surface area is 121 Å². The van der Waals surface area contributed by atoms with E-state index in [2.05, 4.69) is 25.8 Å². The molecule has 20 heavy (non-hydrogen) atoms. The molecular weight excluding hydrogens is 256 g/mol. The van der Waals surface area contributed by atoms with Crippen molar-refractivity contribution in [3.63, 3.8) is 0 Å². The third-order valence-electron chi connectivity index (χ3n) is 4.24. The summed E-state index contributed by atoms with van der Waals surface area (Å²) in [7, 11) is -0.713. The van der Waals surface area contributed by atoms with Crippen LogP contribution < -0.4 is 5.46 Å². The summed E-state index contributed by atoms with van der Waals surface area (Å²) in [4.78, 5) is 3.86. The van der Waals surface area contributed by atoms with Crippen molar-refractivity contribution in [2.24, 2.45) is 0 Å². The van der Waals surface area contributed by atoms with Gasteiger partial charge in [-0.3, -0.25) is 0 Å². The highest BCUT2D eigenvalue weighted by molar-refractivity contribution is 6.62. The van der Waals surface area contributed by atoms with Gasteiger partial charge in [0.1, 0.15) is 0 Å². The van der Waals surface area contributed by atoms with E-state index in [0.717, 1.165) is 5.56 Å². The summed E-state index contributed by atoms with van der Waals surface area (Å²) in [5.41, 5.74) is 0.266. The first-order valence-electron chi connectivity index (χ1n) is 6.96. The summed E-state index contributed by atoms with van der Waals surface area (Å²) >= 11 is 0. The maximum Gasteiger partial charge on any atom is 0.499 e. The summed E-state index contributed by atoms with van der Waals surface area (Å²) in [6, 6.07) is 1.80. The average Bonchev–Trinajstić information content (AvgIpc) is 2.46. The van der Waals surface area contributed by atoms with E-state index in [0.29, 0.717) is 5.46 Å². The Hall–Kier alpha value is -0.935. The molecule has 0 aliphatic carbocycles. The van der Waals surface area contributed by atoms with Crippen LogP contribution in [0.4, 0.5) is 4.39 Å². The second-order valence-corrected chi connectivity index (χ2v) is 7.44. The highest BCUT2D eigenvalue weighted by atomic mass is 19.1. The number of pyridine rings is 1. The second kappa shape index (κ2) is 4.53. The predicted molar refractivity (Wildman–Crippen MR) is 78.6 cm³/mol. The summed E-state index contributed by atoms with van der Waals surface area (Å²) in [6.45, 7) is 14.0. The SMILES string of the molecule is CC(C)(C)c1cnc(F)c(B2OC(C)(C)C(C)(C)O2)c1. The van der Waals surface area contributed by atoms with Crippen LogP contribution in [0.15, 0.2) is 12.3 Å². The van der Waals surface area contributed by atoms with Gasteiger partial charge in [-0.05, 0) is 38.7 Å². The smallest absolute Gasteiger partial charge is 0.399 e. The van der Waals surface area contributed by atoms with Gasteiger partial charge < -0.3 is 9.31 Å². The van der Waals surface area contributed by atoms with Crippen molar-refractivity contribution in [2.75, 3.05) is 0 Å². The molecular formula is C15H23BFNO2. The number of hydrogen-bond donors (Lipinski definition) is 0. The molecule has 0 aromatic carbocycles. The Morgan fingerprint density at radius 3 is 2.05 bits per heavy atom. The van der Waals surface area contributed by atoms with Gasteiger partial charge in [0.25, 0.3) is 0 Å². The van der Waals surface area contributed by atoms with Gasteiger partial charge in [0, 0.05) is 11.7 Å². The Morgan fingerprint density at radius 1 is 1.10 bits per heavy atom. The third-order valence-corrected chi connectivity index (χ3v) is 4.24. The minimum Gasteiger partial charge on any atom is -0.399 e. The number of halogens is 1. The van der Waals surface area contributed by atoms with Crippen LogP contribution in [0.1, 0.15) is 54.0 Å². The Balaban J connectivity index is 2.40. The normalized spacial score (nSPS) is 21.3. The minimum atomic E-state index is -0.713. The van der Waals surface area contributed by atoms with Gasteiger partial charge in [-0.1, -0.05) is 26.8 Å².